The lowest BCUT2D eigenvalue weighted by Crippen LogP contribution is -2.29. The van der Waals surface area contributed by atoms with Gasteiger partial charge in [0, 0.05) is 31.7 Å². The summed E-state index contributed by atoms with van der Waals surface area (Å²) in [6, 6.07) is 20.8. The third-order valence-electron chi connectivity index (χ3n) is 4.68. The van der Waals surface area contributed by atoms with Crippen LogP contribution in [0.15, 0.2) is 73.1 Å². The Bertz CT molecular complexity index is 860. The third-order valence-corrected chi connectivity index (χ3v) is 5.03. The number of benzene rings is 1. The molecule has 126 valence electrons. The van der Waals surface area contributed by atoms with Crippen molar-refractivity contribution in [3.05, 3.63) is 90.0 Å². The zero-order valence-corrected chi connectivity index (χ0v) is 14.9. The fourth-order valence-corrected chi connectivity index (χ4v) is 3.76. The number of hydrogen-bond acceptors (Lipinski definition) is 2. The highest BCUT2D eigenvalue weighted by atomic mass is 32.1. The SMILES string of the molecule is Cn1cccc1[C@@H]1[C@@H](c2ccccn2)NC(=S)N1Cc1ccccc1. The average Bonchev–Trinajstić information content (AvgIpc) is 3.20. The number of rotatable bonds is 4. The summed E-state index contributed by atoms with van der Waals surface area (Å²) in [5, 5.41) is 4.26. The summed E-state index contributed by atoms with van der Waals surface area (Å²) < 4.78 is 2.16. The van der Waals surface area contributed by atoms with E-state index in [1.807, 2.05) is 24.4 Å². The van der Waals surface area contributed by atoms with Crippen molar-refractivity contribution in [1.82, 2.24) is 19.8 Å². The molecule has 2 aromatic heterocycles. The number of nitrogens with one attached hydrogen (secondary N) is 1. The summed E-state index contributed by atoms with van der Waals surface area (Å²) >= 11 is 5.69. The van der Waals surface area contributed by atoms with Gasteiger partial charge in [-0.25, -0.2) is 0 Å². The Labute approximate surface area is 153 Å². The minimum atomic E-state index is 0.0333. The minimum absolute atomic E-state index is 0.0333. The van der Waals surface area contributed by atoms with Crippen molar-refractivity contribution < 1.29 is 0 Å². The molecule has 0 spiro atoms. The smallest absolute Gasteiger partial charge is 0.170 e. The lowest BCUT2D eigenvalue weighted by Gasteiger charge is -2.28. The van der Waals surface area contributed by atoms with Gasteiger partial charge in [-0.15, -0.1) is 0 Å². The van der Waals surface area contributed by atoms with Crippen LogP contribution in [-0.2, 0) is 13.6 Å². The molecule has 0 saturated carbocycles. The molecule has 2 atom stereocenters. The zero-order valence-electron chi connectivity index (χ0n) is 14.0. The molecule has 4 nitrogen and oxygen atoms in total. The van der Waals surface area contributed by atoms with E-state index < -0.39 is 0 Å². The van der Waals surface area contributed by atoms with Crippen LogP contribution in [0, 0.1) is 0 Å². The van der Waals surface area contributed by atoms with E-state index in [0.29, 0.717) is 0 Å². The highest BCUT2D eigenvalue weighted by Gasteiger charge is 2.40. The van der Waals surface area contributed by atoms with Gasteiger partial charge in [-0.05, 0) is 42.0 Å². The van der Waals surface area contributed by atoms with Crippen LogP contribution in [0.4, 0.5) is 0 Å². The van der Waals surface area contributed by atoms with Crippen LogP contribution in [0.25, 0.3) is 0 Å². The van der Waals surface area contributed by atoms with E-state index in [-0.39, 0.29) is 12.1 Å². The van der Waals surface area contributed by atoms with Gasteiger partial charge in [0.05, 0.1) is 17.8 Å². The van der Waals surface area contributed by atoms with Crippen LogP contribution in [-0.4, -0.2) is 19.6 Å². The Morgan fingerprint density at radius 3 is 2.52 bits per heavy atom. The Balaban J connectivity index is 1.74. The van der Waals surface area contributed by atoms with Gasteiger partial charge in [0.15, 0.2) is 5.11 Å². The van der Waals surface area contributed by atoms with Crippen molar-refractivity contribution >= 4 is 17.3 Å². The summed E-state index contributed by atoms with van der Waals surface area (Å²) in [4.78, 5) is 6.83. The highest BCUT2D eigenvalue weighted by molar-refractivity contribution is 7.80. The molecule has 1 aromatic carbocycles. The molecule has 0 radical (unpaired) electrons. The first-order valence-electron chi connectivity index (χ1n) is 8.37. The van der Waals surface area contributed by atoms with Crippen molar-refractivity contribution in [2.75, 3.05) is 0 Å². The topological polar surface area (TPSA) is 33.1 Å². The normalized spacial score (nSPS) is 19.9. The van der Waals surface area contributed by atoms with Gasteiger partial charge < -0.3 is 14.8 Å². The van der Waals surface area contributed by atoms with Gasteiger partial charge in [-0.3, -0.25) is 4.98 Å². The van der Waals surface area contributed by atoms with Crippen LogP contribution < -0.4 is 5.32 Å². The molecule has 0 aliphatic carbocycles. The largest absolute Gasteiger partial charge is 0.353 e. The van der Waals surface area contributed by atoms with Crippen molar-refractivity contribution in [2.45, 2.75) is 18.6 Å². The van der Waals surface area contributed by atoms with E-state index >= 15 is 0 Å². The van der Waals surface area contributed by atoms with Crippen molar-refractivity contribution in [3.63, 3.8) is 0 Å². The van der Waals surface area contributed by atoms with Crippen LogP contribution in [0.3, 0.4) is 0 Å². The van der Waals surface area contributed by atoms with Gasteiger partial charge in [-0.2, -0.15) is 0 Å². The first-order valence-corrected chi connectivity index (χ1v) is 8.78. The third kappa shape index (κ3) is 3.03. The summed E-state index contributed by atoms with van der Waals surface area (Å²) in [6.07, 6.45) is 3.91. The summed E-state index contributed by atoms with van der Waals surface area (Å²) in [5.74, 6) is 0. The molecule has 3 aromatic rings. The van der Waals surface area contributed by atoms with E-state index in [1.54, 1.807) is 0 Å². The molecule has 1 aliphatic rings. The standard InChI is InChI=1S/C20H20N4S/c1-23-13-7-11-17(23)19-18(16-10-5-6-12-21-16)22-20(25)24(19)14-15-8-3-2-4-9-15/h2-13,18-19H,14H2,1H3,(H,22,25)/t18-,19-/m1/s1. The predicted molar refractivity (Wildman–Crippen MR) is 103 cm³/mol. The van der Waals surface area contributed by atoms with Gasteiger partial charge in [0.25, 0.3) is 0 Å². The van der Waals surface area contributed by atoms with E-state index in [2.05, 4.69) is 75.5 Å². The van der Waals surface area contributed by atoms with Crippen LogP contribution >= 0.6 is 12.2 Å². The second kappa shape index (κ2) is 6.69. The molecule has 1 saturated heterocycles. The Morgan fingerprint density at radius 2 is 1.84 bits per heavy atom. The molecular weight excluding hydrogens is 328 g/mol. The summed E-state index contributed by atoms with van der Waals surface area (Å²) in [5.41, 5.74) is 3.47. The lowest BCUT2D eigenvalue weighted by atomic mass is 10.0. The Morgan fingerprint density at radius 1 is 1.04 bits per heavy atom. The Hall–Kier alpha value is -2.66. The number of pyridine rings is 1. The fourth-order valence-electron chi connectivity index (χ4n) is 3.46. The number of thiocarbonyl (C=S) groups is 1. The van der Waals surface area contributed by atoms with Crippen molar-refractivity contribution in [1.29, 1.82) is 0 Å². The lowest BCUT2D eigenvalue weighted by molar-refractivity contribution is 0.299. The maximum Gasteiger partial charge on any atom is 0.170 e. The quantitative estimate of drug-likeness (QED) is 0.731. The van der Waals surface area contributed by atoms with E-state index in [4.69, 9.17) is 12.2 Å². The van der Waals surface area contributed by atoms with Gasteiger partial charge >= 0.3 is 0 Å². The summed E-state index contributed by atoms with van der Waals surface area (Å²) in [7, 11) is 2.08. The first kappa shape index (κ1) is 15.8. The maximum atomic E-state index is 5.69. The number of nitrogens with zero attached hydrogens (tertiary/aromatic N) is 3. The molecule has 25 heavy (non-hydrogen) atoms. The molecule has 1 aliphatic heterocycles. The predicted octanol–water partition coefficient (Wildman–Crippen LogP) is 3.59. The molecule has 0 amide bonds. The molecule has 3 heterocycles. The second-order valence-corrected chi connectivity index (χ2v) is 6.67. The van der Waals surface area contributed by atoms with Crippen LogP contribution in [0.1, 0.15) is 29.0 Å². The second-order valence-electron chi connectivity index (χ2n) is 6.28. The van der Waals surface area contributed by atoms with Crippen LogP contribution in [0.5, 0.6) is 0 Å². The molecule has 1 fully saturated rings. The van der Waals surface area contributed by atoms with E-state index in [9.17, 15) is 0 Å². The summed E-state index contributed by atoms with van der Waals surface area (Å²) in [6.45, 7) is 0.770. The van der Waals surface area contributed by atoms with E-state index in [1.165, 1.54) is 11.3 Å². The molecule has 4 rings (SSSR count). The highest BCUT2D eigenvalue weighted by Crippen LogP contribution is 2.39. The van der Waals surface area contributed by atoms with Gasteiger partial charge in [0.1, 0.15) is 0 Å². The van der Waals surface area contributed by atoms with Crippen molar-refractivity contribution in [3.8, 4) is 0 Å². The average molecular weight is 348 g/mol. The first-order chi connectivity index (χ1) is 12.2. The number of hydrogen-bond donors (Lipinski definition) is 1. The van der Waals surface area contributed by atoms with Crippen LogP contribution in [0.2, 0.25) is 0 Å². The van der Waals surface area contributed by atoms with Gasteiger partial charge in [-0.1, -0.05) is 36.4 Å². The number of aryl methyl sites for hydroxylation is 1. The van der Waals surface area contributed by atoms with Gasteiger partial charge in [0.2, 0.25) is 0 Å². The van der Waals surface area contributed by atoms with E-state index in [0.717, 1.165) is 17.4 Å². The molecule has 0 bridgehead atoms. The molecular formula is C20H20N4S. The molecule has 1 N–H and O–H groups in total. The monoisotopic (exact) mass is 348 g/mol. The molecule has 0 unspecified atom stereocenters. The number of aromatic nitrogens is 2. The van der Waals surface area contributed by atoms with Crippen molar-refractivity contribution in [2.24, 2.45) is 7.05 Å². The zero-order chi connectivity index (χ0) is 17.2. The maximum absolute atomic E-state index is 5.69. The minimum Gasteiger partial charge on any atom is -0.353 e. The molecule has 5 heteroatoms. The fraction of sp³-hybridized carbons (Fsp3) is 0.200. The Kier molecular flexibility index (Phi) is 4.24.